The van der Waals surface area contributed by atoms with Crippen molar-refractivity contribution in [3.8, 4) is 0 Å². The minimum absolute atomic E-state index is 0.0296. The van der Waals surface area contributed by atoms with Gasteiger partial charge in [-0.3, -0.25) is 4.79 Å². The molecule has 0 atom stereocenters. The van der Waals surface area contributed by atoms with Crippen molar-refractivity contribution >= 4 is 17.3 Å². The van der Waals surface area contributed by atoms with Crippen molar-refractivity contribution in [2.24, 2.45) is 0 Å². The van der Waals surface area contributed by atoms with Gasteiger partial charge >= 0.3 is 0 Å². The van der Waals surface area contributed by atoms with Crippen molar-refractivity contribution in [2.45, 2.75) is 52.9 Å². The number of benzene rings is 1. The van der Waals surface area contributed by atoms with E-state index in [2.05, 4.69) is 44.9 Å². The van der Waals surface area contributed by atoms with E-state index in [-0.39, 0.29) is 11.3 Å². The molecule has 3 nitrogen and oxygen atoms in total. The third kappa shape index (κ3) is 4.12. The smallest absolute Gasteiger partial charge is 0.224 e. The van der Waals surface area contributed by atoms with E-state index in [1.807, 2.05) is 25.1 Å². The molecule has 1 aromatic carbocycles. The van der Waals surface area contributed by atoms with Gasteiger partial charge in [0, 0.05) is 29.1 Å². The fourth-order valence-corrected chi connectivity index (χ4v) is 2.09. The van der Waals surface area contributed by atoms with E-state index in [0.29, 0.717) is 6.42 Å². The van der Waals surface area contributed by atoms with E-state index in [4.69, 9.17) is 0 Å². The lowest BCUT2D eigenvalue weighted by Gasteiger charge is -2.27. The summed E-state index contributed by atoms with van der Waals surface area (Å²) in [6.07, 6.45) is 1.35. The molecule has 1 rings (SSSR count). The third-order valence-electron chi connectivity index (χ3n) is 3.15. The fourth-order valence-electron chi connectivity index (χ4n) is 2.09. The third-order valence-corrected chi connectivity index (χ3v) is 3.15. The number of allylic oxidation sites excluding steroid dienone is 1. The molecule has 1 amide bonds. The molecular formula is C17H26N2O. The van der Waals surface area contributed by atoms with E-state index < -0.39 is 0 Å². The maximum Gasteiger partial charge on any atom is 0.224 e. The van der Waals surface area contributed by atoms with Gasteiger partial charge in [-0.1, -0.05) is 47.3 Å². The van der Waals surface area contributed by atoms with Gasteiger partial charge in [-0.15, -0.1) is 0 Å². The zero-order valence-electron chi connectivity index (χ0n) is 13.3. The summed E-state index contributed by atoms with van der Waals surface area (Å²) in [5.74, 6) is 0.0296. The van der Waals surface area contributed by atoms with Crippen LogP contribution in [-0.4, -0.2) is 5.91 Å². The number of hydrogen-bond acceptors (Lipinski definition) is 2. The second-order valence-electron chi connectivity index (χ2n) is 5.96. The molecule has 0 aliphatic heterocycles. The van der Waals surface area contributed by atoms with Gasteiger partial charge in [0.2, 0.25) is 5.91 Å². The Balaban J connectivity index is 3.27. The molecular weight excluding hydrogens is 248 g/mol. The second-order valence-corrected chi connectivity index (χ2v) is 5.96. The van der Waals surface area contributed by atoms with Crippen molar-refractivity contribution in [1.82, 2.24) is 0 Å². The molecule has 0 aliphatic carbocycles. The monoisotopic (exact) mass is 274 g/mol. The zero-order valence-corrected chi connectivity index (χ0v) is 13.3. The highest BCUT2D eigenvalue weighted by molar-refractivity contribution is 5.92. The van der Waals surface area contributed by atoms with Gasteiger partial charge in [-0.05, 0) is 24.0 Å². The fraction of sp³-hybridized carbons (Fsp3) is 0.471. The first-order valence-corrected chi connectivity index (χ1v) is 7.17. The summed E-state index contributed by atoms with van der Waals surface area (Å²) >= 11 is 0. The van der Waals surface area contributed by atoms with Gasteiger partial charge in [-0.2, -0.15) is 0 Å². The molecule has 0 heterocycles. The number of carbonyl (C=O) groups is 1. The van der Waals surface area contributed by atoms with Crippen molar-refractivity contribution in [1.29, 1.82) is 0 Å². The van der Waals surface area contributed by atoms with Gasteiger partial charge in [-0.25, -0.2) is 0 Å². The molecule has 0 saturated carbocycles. The van der Waals surface area contributed by atoms with E-state index >= 15 is 0 Å². The number of carbonyl (C=O) groups excluding carboxylic acids is 1. The number of amides is 1. The molecule has 1 aromatic rings. The molecule has 110 valence electrons. The Kier molecular flexibility index (Phi) is 5.37. The molecule has 0 radical (unpaired) electrons. The van der Waals surface area contributed by atoms with Gasteiger partial charge in [0.1, 0.15) is 0 Å². The number of hydrogen-bond donors (Lipinski definition) is 2. The lowest BCUT2D eigenvalue weighted by atomic mass is 9.84. The van der Waals surface area contributed by atoms with Gasteiger partial charge in [0.25, 0.3) is 0 Å². The Bertz CT molecular complexity index is 462. The van der Waals surface area contributed by atoms with Crippen LogP contribution in [0, 0.1) is 0 Å². The lowest BCUT2D eigenvalue weighted by molar-refractivity contribution is -0.115. The summed E-state index contributed by atoms with van der Waals surface area (Å²) in [6.45, 7) is 14.3. The van der Waals surface area contributed by atoms with E-state index in [9.17, 15) is 4.79 Å². The molecule has 2 N–H and O–H groups in total. The Morgan fingerprint density at radius 1 is 1.10 bits per heavy atom. The molecule has 0 bridgehead atoms. The Hall–Kier alpha value is -1.77. The van der Waals surface area contributed by atoms with E-state index in [1.54, 1.807) is 0 Å². The highest BCUT2D eigenvalue weighted by atomic mass is 16.1. The van der Waals surface area contributed by atoms with Crippen LogP contribution in [0.2, 0.25) is 0 Å². The van der Waals surface area contributed by atoms with Crippen molar-refractivity contribution < 1.29 is 4.79 Å². The van der Waals surface area contributed by atoms with Crippen LogP contribution in [0.1, 0.15) is 53.0 Å². The molecule has 0 unspecified atom stereocenters. The normalized spacial score (nSPS) is 11.1. The maximum absolute atomic E-state index is 11.7. The van der Waals surface area contributed by atoms with Crippen LogP contribution in [-0.2, 0) is 10.2 Å². The number of rotatable bonds is 5. The molecule has 0 saturated heterocycles. The lowest BCUT2D eigenvalue weighted by Crippen LogP contribution is -2.20. The average molecular weight is 274 g/mol. The first-order chi connectivity index (χ1) is 9.29. The highest BCUT2D eigenvalue weighted by Crippen LogP contribution is 2.36. The van der Waals surface area contributed by atoms with Crippen LogP contribution in [0.5, 0.6) is 0 Å². The summed E-state index contributed by atoms with van der Waals surface area (Å²) in [5.41, 5.74) is 3.89. The first-order valence-electron chi connectivity index (χ1n) is 7.17. The van der Waals surface area contributed by atoms with Crippen molar-refractivity contribution in [2.75, 3.05) is 10.6 Å². The largest absolute Gasteiger partial charge is 0.359 e. The van der Waals surface area contributed by atoms with Gasteiger partial charge < -0.3 is 10.6 Å². The highest BCUT2D eigenvalue weighted by Gasteiger charge is 2.22. The Morgan fingerprint density at radius 2 is 1.65 bits per heavy atom. The molecule has 0 spiro atoms. The topological polar surface area (TPSA) is 41.1 Å². The number of anilines is 2. The zero-order chi connectivity index (χ0) is 15.3. The minimum Gasteiger partial charge on any atom is -0.359 e. The molecule has 0 aromatic heterocycles. The quantitative estimate of drug-likeness (QED) is 0.819. The predicted octanol–water partition coefficient (Wildman–Crippen LogP) is 4.67. The SMILES string of the molecule is C=C(CC)Nc1cccc(NC(=O)CC)c1C(C)(C)C. The standard InChI is InChI=1S/C17H26N2O/c1-7-12(3)18-13-10-9-11-14(19-15(20)8-2)16(13)17(4,5)6/h9-11,18H,3,7-8H2,1-2,4-6H3,(H,19,20). The predicted molar refractivity (Wildman–Crippen MR) is 87.1 cm³/mol. The van der Waals surface area contributed by atoms with Crippen LogP contribution < -0.4 is 10.6 Å². The minimum atomic E-state index is -0.0754. The van der Waals surface area contributed by atoms with E-state index in [0.717, 1.165) is 29.1 Å². The second kappa shape index (κ2) is 6.60. The van der Waals surface area contributed by atoms with Crippen LogP contribution >= 0.6 is 0 Å². The summed E-state index contributed by atoms with van der Waals surface area (Å²) in [7, 11) is 0. The maximum atomic E-state index is 11.7. The number of nitrogens with one attached hydrogen (secondary N) is 2. The van der Waals surface area contributed by atoms with Gasteiger partial charge in [0.15, 0.2) is 0 Å². The van der Waals surface area contributed by atoms with E-state index in [1.165, 1.54) is 0 Å². The van der Waals surface area contributed by atoms with Crippen molar-refractivity contribution in [3.05, 3.63) is 36.0 Å². The van der Waals surface area contributed by atoms with Crippen LogP contribution in [0.4, 0.5) is 11.4 Å². The molecule has 0 aliphatic rings. The van der Waals surface area contributed by atoms with Crippen molar-refractivity contribution in [3.63, 3.8) is 0 Å². The average Bonchev–Trinajstić information content (AvgIpc) is 2.37. The Labute approximate surface area is 122 Å². The van der Waals surface area contributed by atoms with Crippen LogP contribution in [0.15, 0.2) is 30.5 Å². The van der Waals surface area contributed by atoms with Gasteiger partial charge in [0.05, 0.1) is 0 Å². The van der Waals surface area contributed by atoms with Crippen LogP contribution in [0.3, 0.4) is 0 Å². The first kappa shape index (κ1) is 16.3. The molecule has 0 fully saturated rings. The summed E-state index contributed by atoms with van der Waals surface area (Å²) in [4.78, 5) is 11.7. The molecule has 20 heavy (non-hydrogen) atoms. The summed E-state index contributed by atoms with van der Waals surface area (Å²) in [6, 6.07) is 5.93. The summed E-state index contributed by atoms with van der Waals surface area (Å²) in [5, 5.41) is 6.34. The Morgan fingerprint density at radius 3 is 2.10 bits per heavy atom. The molecule has 3 heteroatoms. The summed E-state index contributed by atoms with van der Waals surface area (Å²) < 4.78 is 0. The van der Waals surface area contributed by atoms with Crippen LogP contribution in [0.25, 0.3) is 0 Å².